The molecule has 0 unspecified atom stereocenters. The molecule has 0 bridgehead atoms. The molecule has 0 radical (unpaired) electrons. The fourth-order valence-corrected chi connectivity index (χ4v) is 3.14. The molecule has 3 rings (SSSR count). The second-order valence-electron chi connectivity index (χ2n) is 7.02. The first-order valence-corrected chi connectivity index (χ1v) is 9.65. The Morgan fingerprint density at radius 1 is 1.10 bits per heavy atom. The van der Waals surface area contributed by atoms with Crippen molar-refractivity contribution in [2.45, 2.75) is 13.3 Å². The van der Waals surface area contributed by atoms with Crippen LogP contribution in [-0.2, 0) is 19.1 Å². The van der Waals surface area contributed by atoms with Crippen LogP contribution in [0.5, 0.6) is 5.75 Å². The molecule has 2 aromatic carbocycles. The Labute approximate surface area is 179 Å². The second-order valence-corrected chi connectivity index (χ2v) is 7.02. The van der Waals surface area contributed by atoms with E-state index in [0.29, 0.717) is 11.4 Å². The molecule has 0 spiro atoms. The van der Waals surface area contributed by atoms with Crippen molar-refractivity contribution in [1.82, 2.24) is 10.4 Å². The van der Waals surface area contributed by atoms with Gasteiger partial charge in [0.1, 0.15) is 5.75 Å². The number of esters is 1. The first-order chi connectivity index (χ1) is 14.9. The Bertz CT molecular complexity index is 1010. The zero-order valence-corrected chi connectivity index (χ0v) is 17.2. The largest absolute Gasteiger partial charge is 0.496 e. The highest BCUT2D eigenvalue weighted by Crippen LogP contribution is 2.20. The number of anilines is 1. The number of rotatable bonds is 7. The van der Waals surface area contributed by atoms with Crippen molar-refractivity contribution in [3.8, 4) is 5.75 Å². The number of hydrazine groups is 1. The molecule has 0 aliphatic carbocycles. The third-order valence-electron chi connectivity index (χ3n) is 4.81. The van der Waals surface area contributed by atoms with Crippen molar-refractivity contribution in [2.24, 2.45) is 5.92 Å². The number of nitrogens with zero attached hydrogens (tertiary/aromatic N) is 1. The molecule has 2 aromatic rings. The van der Waals surface area contributed by atoms with Crippen molar-refractivity contribution in [1.29, 1.82) is 0 Å². The number of amides is 3. The summed E-state index contributed by atoms with van der Waals surface area (Å²) in [7, 11) is 1.44. The van der Waals surface area contributed by atoms with Crippen LogP contribution in [0, 0.1) is 12.8 Å². The van der Waals surface area contributed by atoms with Gasteiger partial charge in [0.2, 0.25) is 5.91 Å². The summed E-state index contributed by atoms with van der Waals surface area (Å²) in [5.74, 6) is -2.53. The summed E-state index contributed by atoms with van der Waals surface area (Å²) in [6.45, 7) is 1.34. The van der Waals surface area contributed by atoms with Crippen LogP contribution in [0.2, 0.25) is 0 Å². The van der Waals surface area contributed by atoms with E-state index in [9.17, 15) is 19.2 Å². The summed E-state index contributed by atoms with van der Waals surface area (Å²) in [5.41, 5.74) is 4.26. The summed E-state index contributed by atoms with van der Waals surface area (Å²) in [6, 6.07) is 13.8. The maximum absolute atomic E-state index is 12.5. The van der Waals surface area contributed by atoms with Gasteiger partial charge >= 0.3 is 5.97 Å². The van der Waals surface area contributed by atoms with Gasteiger partial charge in [-0.05, 0) is 30.7 Å². The van der Waals surface area contributed by atoms with Gasteiger partial charge in [0.15, 0.2) is 6.61 Å². The van der Waals surface area contributed by atoms with Crippen LogP contribution >= 0.6 is 0 Å². The van der Waals surface area contributed by atoms with E-state index in [-0.39, 0.29) is 18.5 Å². The molecule has 31 heavy (non-hydrogen) atoms. The fourth-order valence-electron chi connectivity index (χ4n) is 3.14. The van der Waals surface area contributed by atoms with Crippen LogP contribution in [0.4, 0.5) is 5.69 Å². The van der Waals surface area contributed by atoms with Crippen molar-refractivity contribution in [2.75, 3.05) is 25.6 Å². The summed E-state index contributed by atoms with van der Waals surface area (Å²) < 4.78 is 10.2. The third kappa shape index (κ3) is 5.39. The van der Waals surface area contributed by atoms with E-state index in [2.05, 4.69) is 10.7 Å². The van der Waals surface area contributed by atoms with Gasteiger partial charge in [-0.25, -0.2) is 0 Å². The molecular formula is C22H23N3O6. The molecule has 1 atom stereocenters. The molecule has 2 N–H and O–H groups in total. The Morgan fingerprint density at radius 2 is 1.81 bits per heavy atom. The van der Waals surface area contributed by atoms with Gasteiger partial charge < -0.3 is 14.8 Å². The molecular weight excluding hydrogens is 402 g/mol. The predicted octanol–water partition coefficient (Wildman–Crippen LogP) is 1.68. The van der Waals surface area contributed by atoms with E-state index in [4.69, 9.17) is 9.47 Å². The molecule has 1 aliphatic heterocycles. The van der Waals surface area contributed by atoms with Gasteiger partial charge in [0.25, 0.3) is 11.8 Å². The quantitative estimate of drug-likeness (QED) is 0.653. The number of hydrogen-bond donors (Lipinski definition) is 2. The van der Waals surface area contributed by atoms with E-state index in [1.54, 1.807) is 36.4 Å². The van der Waals surface area contributed by atoms with Gasteiger partial charge in [0.05, 0.1) is 25.1 Å². The zero-order chi connectivity index (χ0) is 22.4. The summed E-state index contributed by atoms with van der Waals surface area (Å²) in [4.78, 5) is 49.0. The molecule has 9 heteroatoms. The predicted molar refractivity (Wildman–Crippen MR) is 111 cm³/mol. The van der Waals surface area contributed by atoms with Gasteiger partial charge in [-0.1, -0.05) is 30.3 Å². The average molecular weight is 425 g/mol. The molecule has 0 aromatic heterocycles. The van der Waals surface area contributed by atoms with Crippen LogP contribution < -0.4 is 15.5 Å². The lowest BCUT2D eigenvalue weighted by molar-refractivity contribution is -0.151. The minimum absolute atomic E-state index is 0.0437. The SMILES string of the molecule is COc1ccccc1C(=O)NN1C[C@H](C(=O)OCC(=O)Nc2ccccc2C)CC1=O. The Morgan fingerprint density at radius 3 is 2.55 bits per heavy atom. The number of para-hydroxylation sites is 2. The monoisotopic (exact) mass is 425 g/mol. The lowest BCUT2D eigenvalue weighted by atomic mass is 10.1. The van der Waals surface area contributed by atoms with Gasteiger partial charge in [-0.15, -0.1) is 0 Å². The van der Waals surface area contributed by atoms with Gasteiger partial charge in [0, 0.05) is 12.1 Å². The van der Waals surface area contributed by atoms with Crippen molar-refractivity contribution < 1.29 is 28.7 Å². The molecule has 162 valence electrons. The number of carbonyl (C=O) groups is 4. The van der Waals surface area contributed by atoms with E-state index in [1.807, 2.05) is 19.1 Å². The first kappa shape index (κ1) is 21.8. The maximum atomic E-state index is 12.5. The normalized spacial score (nSPS) is 15.4. The molecule has 1 saturated heterocycles. The minimum Gasteiger partial charge on any atom is -0.496 e. The Balaban J connectivity index is 1.51. The standard InChI is InChI=1S/C22H23N3O6/c1-14-7-3-5-9-17(14)23-19(26)13-31-22(29)15-11-20(27)25(12-15)24-21(28)16-8-4-6-10-18(16)30-2/h3-10,15H,11-13H2,1-2H3,(H,23,26)(H,24,28)/t15-/m1/s1. The highest BCUT2D eigenvalue weighted by atomic mass is 16.5. The number of ether oxygens (including phenoxy) is 2. The lowest BCUT2D eigenvalue weighted by Crippen LogP contribution is -2.43. The number of methoxy groups -OCH3 is 1. The fraction of sp³-hybridized carbons (Fsp3) is 0.273. The maximum Gasteiger partial charge on any atom is 0.311 e. The Hall–Kier alpha value is -3.88. The van der Waals surface area contributed by atoms with Crippen molar-refractivity contribution in [3.63, 3.8) is 0 Å². The number of hydrogen-bond acceptors (Lipinski definition) is 6. The average Bonchev–Trinajstić information content (AvgIpc) is 3.13. The van der Waals surface area contributed by atoms with Crippen molar-refractivity contribution >= 4 is 29.4 Å². The molecule has 1 fully saturated rings. The van der Waals surface area contributed by atoms with Crippen molar-refractivity contribution in [3.05, 3.63) is 59.7 Å². The van der Waals surface area contributed by atoms with Crippen LogP contribution in [0.1, 0.15) is 22.3 Å². The number of aryl methyl sites for hydroxylation is 1. The third-order valence-corrected chi connectivity index (χ3v) is 4.81. The van der Waals surface area contributed by atoms with Crippen LogP contribution in [0.25, 0.3) is 0 Å². The molecule has 1 heterocycles. The van der Waals surface area contributed by atoms with Crippen LogP contribution in [0.15, 0.2) is 48.5 Å². The minimum atomic E-state index is -0.781. The highest BCUT2D eigenvalue weighted by molar-refractivity contribution is 5.99. The van der Waals surface area contributed by atoms with Crippen LogP contribution in [-0.4, -0.2) is 49.0 Å². The summed E-state index contributed by atoms with van der Waals surface area (Å²) in [5, 5.41) is 3.74. The molecule has 9 nitrogen and oxygen atoms in total. The van der Waals surface area contributed by atoms with E-state index in [1.165, 1.54) is 7.11 Å². The summed E-state index contributed by atoms with van der Waals surface area (Å²) in [6.07, 6.45) is -0.121. The Kier molecular flexibility index (Phi) is 6.86. The summed E-state index contributed by atoms with van der Waals surface area (Å²) >= 11 is 0. The smallest absolute Gasteiger partial charge is 0.311 e. The topological polar surface area (TPSA) is 114 Å². The van der Waals surface area contributed by atoms with E-state index in [0.717, 1.165) is 10.6 Å². The molecule has 3 amide bonds. The number of nitrogens with one attached hydrogen (secondary N) is 2. The lowest BCUT2D eigenvalue weighted by Gasteiger charge is -2.18. The molecule has 0 saturated carbocycles. The van der Waals surface area contributed by atoms with E-state index < -0.39 is 36.2 Å². The van der Waals surface area contributed by atoms with E-state index >= 15 is 0 Å². The number of benzene rings is 2. The molecule has 1 aliphatic rings. The zero-order valence-electron chi connectivity index (χ0n) is 17.2. The first-order valence-electron chi connectivity index (χ1n) is 9.65. The van der Waals surface area contributed by atoms with Gasteiger partial charge in [-0.2, -0.15) is 0 Å². The van der Waals surface area contributed by atoms with Gasteiger partial charge in [-0.3, -0.25) is 29.6 Å². The second kappa shape index (κ2) is 9.75. The highest BCUT2D eigenvalue weighted by Gasteiger charge is 2.37. The number of carbonyl (C=O) groups excluding carboxylic acids is 4. The van der Waals surface area contributed by atoms with Crippen LogP contribution in [0.3, 0.4) is 0 Å².